The van der Waals surface area contributed by atoms with Crippen molar-refractivity contribution in [2.24, 2.45) is 0 Å². The number of esters is 1. The molecule has 1 saturated heterocycles. The van der Waals surface area contributed by atoms with Crippen LogP contribution in [0.3, 0.4) is 0 Å². The maximum Gasteiger partial charge on any atom is 0.408 e. The third kappa shape index (κ3) is 9.29. The van der Waals surface area contributed by atoms with Gasteiger partial charge in [0.15, 0.2) is 0 Å². The number of ether oxygens (including phenoxy) is 2. The van der Waals surface area contributed by atoms with Gasteiger partial charge >= 0.3 is 12.1 Å². The van der Waals surface area contributed by atoms with Gasteiger partial charge in [0, 0.05) is 31.8 Å². The van der Waals surface area contributed by atoms with E-state index in [-0.39, 0.29) is 36.8 Å². The molecule has 0 aromatic heterocycles. The van der Waals surface area contributed by atoms with Gasteiger partial charge in [-0.15, -0.1) is 0 Å². The van der Waals surface area contributed by atoms with Crippen LogP contribution in [0.2, 0.25) is 0 Å². The molecule has 216 valence electrons. The fourth-order valence-corrected chi connectivity index (χ4v) is 4.71. The minimum absolute atomic E-state index is 0.00634. The summed E-state index contributed by atoms with van der Waals surface area (Å²) in [6, 6.07) is 13.5. The summed E-state index contributed by atoms with van der Waals surface area (Å²) >= 11 is 0. The second kappa shape index (κ2) is 13.8. The summed E-state index contributed by atoms with van der Waals surface area (Å²) in [5.74, 6) is -1.16. The number of hydrogen-bond acceptors (Lipinski definition) is 7. The van der Waals surface area contributed by atoms with E-state index in [1.54, 1.807) is 37.8 Å². The van der Waals surface area contributed by atoms with E-state index in [2.05, 4.69) is 10.6 Å². The molecule has 10 heteroatoms. The lowest BCUT2D eigenvalue weighted by Crippen LogP contribution is -2.53. The highest BCUT2D eigenvalue weighted by molar-refractivity contribution is 5.88. The van der Waals surface area contributed by atoms with E-state index in [0.717, 1.165) is 11.1 Å². The summed E-state index contributed by atoms with van der Waals surface area (Å²) in [5, 5.41) is 15.1. The maximum absolute atomic E-state index is 13.7. The third-order valence-corrected chi connectivity index (χ3v) is 6.55. The highest BCUT2D eigenvalue weighted by Crippen LogP contribution is 2.23. The number of rotatable bonds is 10. The fraction of sp³-hybridized carbons (Fsp3) is 0.467. The second-order valence-corrected chi connectivity index (χ2v) is 10.9. The van der Waals surface area contributed by atoms with Gasteiger partial charge in [0.25, 0.3) is 0 Å². The first-order valence-electron chi connectivity index (χ1n) is 13.4. The molecule has 1 heterocycles. The van der Waals surface area contributed by atoms with E-state index >= 15 is 0 Å². The number of aromatic hydroxyl groups is 1. The molecule has 2 aromatic rings. The number of amides is 3. The molecule has 1 fully saturated rings. The Hall–Kier alpha value is -4.08. The molecular formula is C30H39N3O7. The van der Waals surface area contributed by atoms with Crippen molar-refractivity contribution in [2.75, 3.05) is 13.7 Å². The van der Waals surface area contributed by atoms with Crippen LogP contribution in [0.15, 0.2) is 54.6 Å². The molecule has 10 nitrogen and oxygen atoms in total. The van der Waals surface area contributed by atoms with Crippen molar-refractivity contribution >= 4 is 23.9 Å². The fourth-order valence-electron chi connectivity index (χ4n) is 4.71. The van der Waals surface area contributed by atoms with Crippen LogP contribution in [0.1, 0.15) is 51.2 Å². The first-order chi connectivity index (χ1) is 18.9. The molecule has 3 amide bonds. The molecule has 0 aliphatic carbocycles. The number of alkyl carbamates (subject to hydrolysis) is 1. The van der Waals surface area contributed by atoms with E-state index in [0.29, 0.717) is 19.4 Å². The van der Waals surface area contributed by atoms with Gasteiger partial charge in [0.05, 0.1) is 7.11 Å². The quantitative estimate of drug-likeness (QED) is 0.385. The van der Waals surface area contributed by atoms with E-state index in [4.69, 9.17) is 9.47 Å². The van der Waals surface area contributed by atoms with Crippen molar-refractivity contribution in [3.05, 3.63) is 65.7 Å². The van der Waals surface area contributed by atoms with Gasteiger partial charge < -0.3 is 30.1 Å². The molecule has 3 rings (SSSR count). The number of hydrogen-bond donors (Lipinski definition) is 3. The number of carbonyl (C=O) groups is 4. The molecule has 0 spiro atoms. The maximum atomic E-state index is 13.7. The van der Waals surface area contributed by atoms with Crippen LogP contribution in [-0.2, 0) is 36.7 Å². The van der Waals surface area contributed by atoms with Gasteiger partial charge in [0.1, 0.15) is 23.4 Å². The largest absolute Gasteiger partial charge is 0.508 e. The Morgan fingerprint density at radius 1 is 0.950 bits per heavy atom. The van der Waals surface area contributed by atoms with Crippen LogP contribution < -0.4 is 10.6 Å². The van der Waals surface area contributed by atoms with Crippen LogP contribution in [0.25, 0.3) is 0 Å². The molecule has 1 aliphatic rings. The molecule has 0 radical (unpaired) electrons. The van der Waals surface area contributed by atoms with E-state index in [1.807, 2.05) is 30.3 Å². The first-order valence-corrected chi connectivity index (χ1v) is 13.4. The average Bonchev–Trinajstić information content (AvgIpc) is 3.35. The second-order valence-electron chi connectivity index (χ2n) is 10.9. The highest BCUT2D eigenvalue weighted by atomic mass is 16.6. The molecular weight excluding hydrogens is 514 g/mol. The molecule has 3 atom stereocenters. The number of likely N-dealkylation sites (tertiary alicyclic amines) is 1. The van der Waals surface area contributed by atoms with E-state index < -0.39 is 35.8 Å². The summed E-state index contributed by atoms with van der Waals surface area (Å²) in [5.41, 5.74) is 0.865. The third-order valence-electron chi connectivity index (χ3n) is 6.55. The first kappa shape index (κ1) is 30.5. The van der Waals surface area contributed by atoms with Gasteiger partial charge in [-0.3, -0.25) is 9.59 Å². The predicted molar refractivity (Wildman–Crippen MR) is 148 cm³/mol. The van der Waals surface area contributed by atoms with Crippen LogP contribution in [0.4, 0.5) is 4.79 Å². The summed E-state index contributed by atoms with van der Waals surface area (Å²) in [6.07, 6.45) is 1.05. The summed E-state index contributed by atoms with van der Waals surface area (Å²) in [6.45, 7) is 5.64. The van der Waals surface area contributed by atoms with Crippen LogP contribution in [0.5, 0.6) is 5.75 Å². The molecule has 0 unspecified atom stereocenters. The molecule has 0 saturated carbocycles. The Morgan fingerprint density at radius 2 is 1.57 bits per heavy atom. The zero-order valence-corrected chi connectivity index (χ0v) is 23.5. The van der Waals surface area contributed by atoms with Gasteiger partial charge in [-0.2, -0.15) is 0 Å². The SMILES string of the molecule is COC(=O)[C@H](Cc1ccccc1)NC(=O)C[C@H]1CCCN1C(=O)[C@H](Cc1ccc(O)cc1)NC(=O)OC(C)(C)C. The normalized spacial score (nSPS) is 16.5. The van der Waals surface area contributed by atoms with Crippen LogP contribution in [0, 0.1) is 0 Å². The molecule has 40 heavy (non-hydrogen) atoms. The zero-order chi connectivity index (χ0) is 29.3. The van der Waals surface area contributed by atoms with E-state index in [9.17, 15) is 24.3 Å². The van der Waals surface area contributed by atoms with Crippen molar-refractivity contribution < 1.29 is 33.8 Å². The average molecular weight is 554 g/mol. The van der Waals surface area contributed by atoms with Crippen molar-refractivity contribution in [1.29, 1.82) is 0 Å². The Kier molecular flexibility index (Phi) is 10.5. The van der Waals surface area contributed by atoms with Crippen molar-refractivity contribution in [1.82, 2.24) is 15.5 Å². The standard InChI is InChI=1S/C30H39N3O7/c1-30(2,3)40-29(38)32-24(17-21-12-14-23(34)15-13-21)27(36)33-16-8-11-22(33)19-26(35)31-25(28(37)39-4)18-20-9-6-5-7-10-20/h5-7,9-10,12-15,22,24-25,34H,8,11,16-19H2,1-4H3,(H,31,35)(H,32,38)/t22-,24+,25+/m1/s1. The minimum Gasteiger partial charge on any atom is -0.508 e. The van der Waals surface area contributed by atoms with Crippen molar-refractivity contribution in [3.63, 3.8) is 0 Å². The Morgan fingerprint density at radius 3 is 2.20 bits per heavy atom. The summed E-state index contributed by atoms with van der Waals surface area (Å²) < 4.78 is 10.3. The van der Waals surface area contributed by atoms with Crippen LogP contribution in [-0.4, -0.2) is 71.3 Å². The Bertz CT molecular complexity index is 1160. The van der Waals surface area contributed by atoms with Gasteiger partial charge in [-0.25, -0.2) is 9.59 Å². The van der Waals surface area contributed by atoms with E-state index in [1.165, 1.54) is 19.2 Å². The topological polar surface area (TPSA) is 134 Å². The molecule has 0 bridgehead atoms. The number of benzene rings is 2. The number of nitrogens with one attached hydrogen (secondary N) is 2. The van der Waals surface area contributed by atoms with Gasteiger partial charge in [0.2, 0.25) is 11.8 Å². The highest BCUT2D eigenvalue weighted by Gasteiger charge is 2.36. The van der Waals surface area contributed by atoms with Crippen molar-refractivity contribution in [3.8, 4) is 5.75 Å². The molecule has 3 N–H and O–H groups in total. The number of nitrogens with zero attached hydrogens (tertiary/aromatic N) is 1. The monoisotopic (exact) mass is 553 g/mol. The lowest BCUT2D eigenvalue weighted by Gasteiger charge is -2.30. The smallest absolute Gasteiger partial charge is 0.408 e. The predicted octanol–water partition coefficient (Wildman–Crippen LogP) is 3.11. The lowest BCUT2D eigenvalue weighted by atomic mass is 10.0. The summed E-state index contributed by atoms with van der Waals surface area (Å²) in [4.78, 5) is 53.4. The number of methoxy groups -OCH3 is 1. The number of phenolic OH excluding ortho intramolecular Hbond substituents is 1. The molecule has 2 aromatic carbocycles. The zero-order valence-electron chi connectivity index (χ0n) is 23.5. The lowest BCUT2D eigenvalue weighted by molar-refractivity contribution is -0.145. The van der Waals surface area contributed by atoms with Crippen molar-refractivity contribution in [2.45, 2.75) is 76.6 Å². The van der Waals surface area contributed by atoms with Crippen LogP contribution >= 0.6 is 0 Å². The summed E-state index contributed by atoms with van der Waals surface area (Å²) in [7, 11) is 1.27. The van der Waals surface area contributed by atoms with Gasteiger partial charge in [-0.1, -0.05) is 42.5 Å². The number of carbonyl (C=O) groups excluding carboxylic acids is 4. The number of phenols is 1. The van der Waals surface area contributed by atoms with Gasteiger partial charge in [-0.05, 0) is 56.9 Å². The Balaban J connectivity index is 1.71. The Labute approximate surface area is 235 Å². The molecule has 1 aliphatic heterocycles. The minimum atomic E-state index is -0.941.